The molecule has 21 heavy (non-hydrogen) atoms. The van der Waals surface area contributed by atoms with Crippen molar-refractivity contribution in [2.24, 2.45) is 0 Å². The summed E-state index contributed by atoms with van der Waals surface area (Å²) < 4.78 is 5.37. The van der Waals surface area contributed by atoms with Crippen LogP contribution >= 0.6 is 11.8 Å². The van der Waals surface area contributed by atoms with Crippen molar-refractivity contribution in [2.45, 2.75) is 16.5 Å². The molecule has 0 bridgehead atoms. The molecular weight excluding hydrogens is 282 g/mol. The molecule has 3 aromatic rings. The summed E-state index contributed by atoms with van der Waals surface area (Å²) in [7, 11) is 1.65. The molecule has 2 aromatic carbocycles. The van der Waals surface area contributed by atoms with Crippen molar-refractivity contribution < 1.29 is 9.84 Å². The SMILES string of the molecule is COc1ccccc1Sc1nc2ccccc2cc1CO. The fraction of sp³-hybridized carbons (Fsp3) is 0.118. The fourth-order valence-electron chi connectivity index (χ4n) is 2.15. The molecule has 1 aromatic heterocycles. The van der Waals surface area contributed by atoms with Crippen LogP contribution in [0.4, 0.5) is 0 Å². The highest BCUT2D eigenvalue weighted by Crippen LogP contribution is 2.36. The molecule has 3 rings (SSSR count). The van der Waals surface area contributed by atoms with E-state index in [-0.39, 0.29) is 6.61 Å². The highest BCUT2D eigenvalue weighted by Gasteiger charge is 2.10. The molecule has 1 heterocycles. The molecule has 0 atom stereocenters. The second kappa shape index (κ2) is 6.16. The van der Waals surface area contributed by atoms with Gasteiger partial charge in [-0.1, -0.05) is 42.1 Å². The van der Waals surface area contributed by atoms with Crippen LogP contribution in [0, 0.1) is 0 Å². The average Bonchev–Trinajstić information content (AvgIpc) is 2.54. The Morgan fingerprint density at radius 2 is 1.86 bits per heavy atom. The second-order valence-electron chi connectivity index (χ2n) is 4.56. The molecule has 106 valence electrons. The summed E-state index contributed by atoms with van der Waals surface area (Å²) in [5.74, 6) is 0.807. The molecule has 0 spiro atoms. The number of para-hydroxylation sites is 2. The average molecular weight is 297 g/mol. The van der Waals surface area contributed by atoms with Crippen LogP contribution in [0.15, 0.2) is 64.5 Å². The molecule has 0 aliphatic carbocycles. The zero-order valence-electron chi connectivity index (χ0n) is 11.6. The number of pyridine rings is 1. The van der Waals surface area contributed by atoms with Crippen LogP contribution in [0.1, 0.15) is 5.56 Å². The third kappa shape index (κ3) is 2.86. The number of hydrogen-bond donors (Lipinski definition) is 1. The van der Waals surface area contributed by atoms with Crippen LogP contribution in [0.5, 0.6) is 5.75 Å². The number of rotatable bonds is 4. The summed E-state index contributed by atoms with van der Waals surface area (Å²) in [4.78, 5) is 5.65. The number of fused-ring (bicyclic) bond motifs is 1. The molecule has 0 fully saturated rings. The lowest BCUT2D eigenvalue weighted by Crippen LogP contribution is -1.94. The molecule has 0 radical (unpaired) electrons. The molecule has 0 aliphatic rings. The fourth-order valence-corrected chi connectivity index (χ4v) is 3.16. The van der Waals surface area contributed by atoms with Gasteiger partial charge in [0.25, 0.3) is 0 Å². The van der Waals surface area contributed by atoms with E-state index in [1.54, 1.807) is 7.11 Å². The van der Waals surface area contributed by atoms with E-state index in [2.05, 4.69) is 4.98 Å². The highest BCUT2D eigenvalue weighted by molar-refractivity contribution is 7.99. The zero-order chi connectivity index (χ0) is 14.7. The Hall–Kier alpha value is -2.04. The minimum Gasteiger partial charge on any atom is -0.496 e. The van der Waals surface area contributed by atoms with Gasteiger partial charge in [-0.05, 0) is 24.3 Å². The van der Waals surface area contributed by atoms with E-state index in [1.807, 2.05) is 54.6 Å². The molecule has 0 saturated heterocycles. The van der Waals surface area contributed by atoms with Crippen molar-refractivity contribution in [1.82, 2.24) is 4.98 Å². The number of benzene rings is 2. The van der Waals surface area contributed by atoms with E-state index >= 15 is 0 Å². The Kier molecular flexibility index (Phi) is 4.08. The van der Waals surface area contributed by atoms with Gasteiger partial charge < -0.3 is 9.84 Å². The molecule has 3 nitrogen and oxygen atoms in total. The van der Waals surface area contributed by atoms with Crippen LogP contribution in [0.25, 0.3) is 10.9 Å². The van der Waals surface area contributed by atoms with Crippen LogP contribution in [0.2, 0.25) is 0 Å². The summed E-state index contributed by atoms with van der Waals surface area (Å²) >= 11 is 1.51. The Bertz CT molecular complexity index is 774. The maximum atomic E-state index is 9.60. The molecule has 0 saturated carbocycles. The minimum absolute atomic E-state index is 0.0324. The first-order chi connectivity index (χ1) is 10.3. The predicted octanol–water partition coefficient (Wildman–Crippen LogP) is 3.89. The van der Waals surface area contributed by atoms with E-state index < -0.39 is 0 Å². The largest absolute Gasteiger partial charge is 0.496 e. The van der Waals surface area contributed by atoms with Gasteiger partial charge in [0.15, 0.2) is 0 Å². The van der Waals surface area contributed by atoms with Gasteiger partial charge in [-0.15, -0.1) is 0 Å². The number of aromatic nitrogens is 1. The number of nitrogens with zero attached hydrogens (tertiary/aromatic N) is 1. The Morgan fingerprint density at radius 3 is 2.67 bits per heavy atom. The maximum Gasteiger partial charge on any atom is 0.132 e. The number of hydrogen-bond acceptors (Lipinski definition) is 4. The van der Waals surface area contributed by atoms with Gasteiger partial charge in [-0.3, -0.25) is 0 Å². The smallest absolute Gasteiger partial charge is 0.132 e. The van der Waals surface area contributed by atoms with Crippen molar-refractivity contribution in [3.05, 3.63) is 60.2 Å². The van der Waals surface area contributed by atoms with Crippen LogP contribution in [-0.2, 0) is 6.61 Å². The predicted molar refractivity (Wildman–Crippen MR) is 84.8 cm³/mol. The van der Waals surface area contributed by atoms with Gasteiger partial charge in [-0.2, -0.15) is 0 Å². The van der Waals surface area contributed by atoms with Gasteiger partial charge in [0.2, 0.25) is 0 Å². The van der Waals surface area contributed by atoms with Gasteiger partial charge >= 0.3 is 0 Å². The second-order valence-corrected chi connectivity index (χ2v) is 5.59. The third-order valence-electron chi connectivity index (χ3n) is 3.21. The van der Waals surface area contributed by atoms with Gasteiger partial charge in [0.1, 0.15) is 10.8 Å². The first-order valence-corrected chi connectivity index (χ1v) is 7.44. The van der Waals surface area contributed by atoms with E-state index in [0.29, 0.717) is 0 Å². The number of ether oxygens (including phenoxy) is 1. The summed E-state index contributed by atoms with van der Waals surface area (Å²) in [6.07, 6.45) is 0. The Labute approximate surface area is 127 Å². The normalized spacial score (nSPS) is 10.8. The number of aliphatic hydroxyl groups is 1. The molecular formula is C17H15NO2S. The van der Waals surface area contributed by atoms with Crippen molar-refractivity contribution in [1.29, 1.82) is 0 Å². The lowest BCUT2D eigenvalue weighted by atomic mass is 10.2. The molecule has 4 heteroatoms. The minimum atomic E-state index is -0.0324. The number of aliphatic hydroxyl groups excluding tert-OH is 1. The third-order valence-corrected chi connectivity index (χ3v) is 4.31. The molecule has 0 aliphatic heterocycles. The lowest BCUT2D eigenvalue weighted by Gasteiger charge is -2.11. The van der Waals surface area contributed by atoms with Crippen molar-refractivity contribution in [3.63, 3.8) is 0 Å². The monoisotopic (exact) mass is 297 g/mol. The maximum absolute atomic E-state index is 9.60. The zero-order valence-corrected chi connectivity index (χ0v) is 12.4. The summed E-state index contributed by atoms with van der Waals surface area (Å²) in [5, 5.41) is 11.4. The molecule has 0 amide bonds. The molecule has 1 N–H and O–H groups in total. The van der Waals surface area contributed by atoms with Crippen molar-refractivity contribution >= 4 is 22.7 Å². The quantitative estimate of drug-likeness (QED) is 0.793. The first kappa shape index (κ1) is 13.9. The van der Waals surface area contributed by atoms with Crippen LogP contribution < -0.4 is 4.74 Å². The van der Waals surface area contributed by atoms with E-state index in [0.717, 1.165) is 32.1 Å². The van der Waals surface area contributed by atoms with Crippen LogP contribution in [0.3, 0.4) is 0 Å². The highest BCUT2D eigenvalue weighted by atomic mass is 32.2. The summed E-state index contributed by atoms with van der Waals surface area (Å²) in [5.41, 5.74) is 1.75. The van der Waals surface area contributed by atoms with Crippen molar-refractivity contribution in [3.8, 4) is 5.75 Å². The van der Waals surface area contributed by atoms with Crippen molar-refractivity contribution in [2.75, 3.05) is 7.11 Å². The van der Waals surface area contributed by atoms with E-state index in [1.165, 1.54) is 11.8 Å². The topological polar surface area (TPSA) is 42.4 Å². The Balaban J connectivity index is 2.06. The van der Waals surface area contributed by atoms with Gasteiger partial charge in [-0.25, -0.2) is 4.98 Å². The van der Waals surface area contributed by atoms with E-state index in [9.17, 15) is 5.11 Å². The first-order valence-electron chi connectivity index (χ1n) is 6.62. The summed E-state index contributed by atoms with van der Waals surface area (Å²) in [6, 6.07) is 17.7. The van der Waals surface area contributed by atoms with Gasteiger partial charge in [0, 0.05) is 10.9 Å². The Morgan fingerprint density at radius 1 is 1.10 bits per heavy atom. The van der Waals surface area contributed by atoms with Crippen LogP contribution in [-0.4, -0.2) is 17.2 Å². The van der Waals surface area contributed by atoms with E-state index in [4.69, 9.17) is 4.74 Å². The summed E-state index contributed by atoms with van der Waals surface area (Å²) in [6.45, 7) is -0.0324. The number of methoxy groups -OCH3 is 1. The lowest BCUT2D eigenvalue weighted by molar-refractivity contribution is 0.278. The van der Waals surface area contributed by atoms with Gasteiger partial charge in [0.05, 0.1) is 24.1 Å². The standard InChI is InChI=1S/C17H15NO2S/c1-20-15-8-4-5-9-16(15)21-17-13(11-19)10-12-6-2-3-7-14(12)18-17/h2-10,19H,11H2,1H3. The molecule has 0 unspecified atom stereocenters.